The number of hydrogen-bond acceptors (Lipinski definition) is 2. The van der Waals surface area contributed by atoms with Gasteiger partial charge in [0.05, 0.1) is 0 Å². The summed E-state index contributed by atoms with van der Waals surface area (Å²) in [5.41, 5.74) is 11.8. The monoisotopic (exact) mass is 98.1 g/mol. The molecule has 0 heterocycles. The van der Waals surface area contributed by atoms with Gasteiger partial charge in [0.1, 0.15) is 0 Å². The molecule has 1 unspecified atom stereocenters. The topological polar surface area (TPSA) is 52.0 Å². The van der Waals surface area contributed by atoms with Crippen LogP contribution in [-0.2, 0) is 0 Å². The van der Waals surface area contributed by atoms with E-state index < -0.39 is 0 Å². The molecule has 2 heteroatoms. The molecule has 0 aromatic rings. The lowest BCUT2D eigenvalue weighted by Gasteiger charge is -1.90. The molecule has 7 heavy (non-hydrogen) atoms. The van der Waals surface area contributed by atoms with Gasteiger partial charge in [0.25, 0.3) is 0 Å². The number of nitrogens with two attached hydrogens (primary N) is 2. The standard InChI is InChI=1S/C5H10N2/c6-4-1-2-5(7)3-4/h3-4H,1-2,6-7H2. The summed E-state index contributed by atoms with van der Waals surface area (Å²) in [6.07, 6.45) is 3.94. The second kappa shape index (κ2) is 1.54. The van der Waals surface area contributed by atoms with Crippen molar-refractivity contribution in [3.63, 3.8) is 0 Å². The Bertz CT molecular complexity index is 96.3. The van der Waals surface area contributed by atoms with Gasteiger partial charge >= 0.3 is 0 Å². The van der Waals surface area contributed by atoms with Crippen molar-refractivity contribution in [2.45, 2.75) is 18.9 Å². The quantitative estimate of drug-likeness (QED) is 0.446. The van der Waals surface area contributed by atoms with Crippen LogP contribution in [0.25, 0.3) is 0 Å². The highest BCUT2D eigenvalue weighted by atomic mass is 14.7. The third-order valence-electron chi connectivity index (χ3n) is 1.19. The predicted octanol–water partition coefficient (Wildman–Crippen LogP) is -0.0499. The van der Waals surface area contributed by atoms with Crippen molar-refractivity contribution in [3.05, 3.63) is 11.8 Å². The molecule has 0 aliphatic heterocycles. The van der Waals surface area contributed by atoms with E-state index in [1.165, 1.54) is 0 Å². The summed E-state index contributed by atoms with van der Waals surface area (Å²) in [5.74, 6) is 0. The van der Waals surface area contributed by atoms with Crippen LogP contribution >= 0.6 is 0 Å². The van der Waals surface area contributed by atoms with Crippen molar-refractivity contribution in [1.29, 1.82) is 0 Å². The van der Waals surface area contributed by atoms with Crippen molar-refractivity contribution >= 4 is 0 Å². The van der Waals surface area contributed by atoms with Gasteiger partial charge in [-0.1, -0.05) is 0 Å². The van der Waals surface area contributed by atoms with Crippen LogP contribution in [0, 0.1) is 0 Å². The molecule has 2 nitrogen and oxygen atoms in total. The van der Waals surface area contributed by atoms with E-state index in [0.29, 0.717) is 0 Å². The average Bonchev–Trinajstić information content (AvgIpc) is 1.87. The number of rotatable bonds is 0. The Morgan fingerprint density at radius 1 is 1.71 bits per heavy atom. The van der Waals surface area contributed by atoms with Gasteiger partial charge in [-0.2, -0.15) is 0 Å². The van der Waals surface area contributed by atoms with Crippen LogP contribution in [0.1, 0.15) is 12.8 Å². The molecule has 0 radical (unpaired) electrons. The molecule has 1 rings (SSSR count). The summed E-state index contributed by atoms with van der Waals surface area (Å²) in [5, 5.41) is 0. The van der Waals surface area contributed by atoms with E-state index in [9.17, 15) is 0 Å². The van der Waals surface area contributed by atoms with Crippen LogP contribution < -0.4 is 11.5 Å². The van der Waals surface area contributed by atoms with Crippen LogP contribution in [0.15, 0.2) is 11.8 Å². The first-order valence-electron chi connectivity index (χ1n) is 2.51. The van der Waals surface area contributed by atoms with Crippen molar-refractivity contribution < 1.29 is 0 Å². The second-order valence-electron chi connectivity index (χ2n) is 1.94. The highest BCUT2D eigenvalue weighted by Crippen LogP contribution is 2.10. The Kier molecular flexibility index (Phi) is 1.02. The zero-order valence-corrected chi connectivity index (χ0v) is 4.22. The van der Waals surface area contributed by atoms with Gasteiger partial charge in [-0.15, -0.1) is 0 Å². The normalized spacial score (nSPS) is 30.4. The second-order valence-corrected chi connectivity index (χ2v) is 1.94. The lowest BCUT2D eigenvalue weighted by molar-refractivity contribution is 0.772. The highest BCUT2D eigenvalue weighted by Gasteiger charge is 2.06. The minimum atomic E-state index is 0.236. The van der Waals surface area contributed by atoms with Gasteiger partial charge in [-0.05, 0) is 18.9 Å². The summed E-state index contributed by atoms with van der Waals surface area (Å²) in [4.78, 5) is 0. The molecule has 1 aliphatic rings. The van der Waals surface area contributed by atoms with Crippen LogP contribution in [0.2, 0.25) is 0 Å². The first kappa shape index (κ1) is 4.65. The number of hydrogen-bond donors (Lipinski definition) is 2. The zero-order chi connectivity index (χ0) is 5.28. The third kappa shape index (κ3) is 0.933. The molecule has 1 aliphatic carbocycles. The molecule has 0 saturated carbocycles. The Morgan fingerprint density at radius 3 is 2.57 bits per heavy atom. The van der Waals surface area contributed by atoms with Gasteiger partial charge in [0.2, 0.25) is 0 Å². The Balaban J connectivity index is 2.50. The maximum absolute atomic E-state index is 5.47. The Morgan fingerprint density at radius 2 is 2.43 bits per heavy atom. The van der Waals surface area contributed by atoms with Gasteiger partial charge in [-0.3, -0.25) is 0 Å². The van der Waals surface area contributed by atoms with Crippen LogP contribution in [0.5, 0.6) is 0 Å². The van der Waals surface area contributed by atoms with Gasteiger partial charge in [0.15, 0.2) is 0 Å². The molecule has 0 aromatic carbocycles. The fourth-order valence-electron chi connectivity index (χ4n) is 0.775. The summed E-state index contributed by atoms with van der Waals surface area (Å²) in [6.45, 7) is 0. The van der Waals surface area contributed by atoms with Crippen molar-refractivity contribution in [2.24, 2.45) is 11.5 Å². The largest absolute Gasteiger partial charge is 0.402 e. The summed E-state index contributed by atoms with van der Waals surface area (Å²) in [7, 11) is 0. The van der Waals surface area contributed by atoms with E-state index in [1.807, 2.05) is 6.08 Å². The van der Waals surface area contributed by atoms with Crippen LogP contribution in [0.4, 0.5) is 0 Å². The smallest absolute Gasteiger partial charge is 0.0247 e. The minimum Gasteiger partial charge on any atom is -0.402 e. The van der Waals surface area contributed by atoms with E-state index in [4.69, 9.17) is 11.5 Å². The van der Waals surface area contributed by atoms with Gasteiger partial charge < -0.3 is 11.5 Å². The molecular formula is C5H10N2. The van der Waals surface area contributed by atoms with E-state index >= 15 is 0 Å². The van der Waals surface area contributed by atoms with Crippen molar-refractivity contribution in [2.75, 3.05) is 0 Å². The predicted molar refractivity (Wildman–Crippen MR) is 29.5 cm³/mol. The molecular weight excluding hydrogens is 88.1 g/mol. The van der Waals surface area contributed by atoms with Crippen molar-refractivity contribution in [3.8, 4) is 0 Å². The van der Waals surface area contributed by atoms with Gasteiger partial charge in [-0.25, -0.2) is 0 Å². The van der Waals surface area contributed by atoms with Gasteiger partial charge in [0, 0.05) is 11.7 Å². The minimum absolute atomic E-state index is 0.236. The first-order chi connectivity index (χ1) is 3.29. The summed E-state index contributed by atoms with van der Waals surface area (Å²) in [6, 6.07) is 0.236. The molecule has 0 aromatic heterocycles. The van der Waals surface area contributed by atoms with Crippen LogP contribution in [-0.4, -0.2) is 6.04 Å². The molecule has 0 fully saturated rings. The molecule has 0 bridgehead atoms. The van der Waals surface area contributed by atoms with E-state index in [-0.39, 0.29) is 6.04 Å². The average molecular weight is 98.1 g/mol. The maximum Gasteiger partial charge on any atom is 0.0247 e. The first-order valence-corrected chi connectivity index (χ1v) is 2.51. The number of allylic oxidation sites excluding steroid dienone is 1. The molecule has 1 atom stereocenters. The highest BCUT2D eigenvalue weighted by molar-refractivity contribution is 5.08. The fourth-order valence-corrected chi connectivity index (χ4v) is 0.775. The molecule has 0 spiro atoms. The molecule has 0 amide bonds. The van der Waals surface area contributed by atoms with E-state index in [2.05, 4.69) is 0 Å². The lowest BCUT2D eigenvalue weighted by atomic mass is 10.3. The van der Waals surface area contributed by atoms with Crippen LogP contribution in [0.3, 0.4) is 0 Å². The molecule has 4 N–H and O–H groups in total. The Hall–Kier alpha value is -0.500. The lowest BCUT2D eigenvalue weighted by Crippen LogP contribution is -2.11. The SMILES string of the molecule is NC1=CC(N)CC1. The zero-order valence-electron chi connectivity index (χ0n) is 4.22. The summed E-state index contributed by atoms with van der Waals surface area (Å²) < 4.78 is 0. The van der Waals surface area contributed by atoms with E-state index in [0.717, 1.165) is 18.5 Å². The molecule has 0 saturated heterocycles. The van der Waals surface area contributed by atoms with Crippen molar-refractivity contribution in [1.82, 2.24) is 0 Å². The Labute approximate surface area is 43.2 Å². The van der Waals surface area contributed by atoms with E-state index in [1.54, 1.807) is 0 Å². The summed E-state index contributed by atoms with van der Waals surface area (Å²) >= 11 is 0. The maximum atomic E-state index is 5.47. The molecule has 40 valence electrons. The fraction of sp³-hybridized carbons (Fsp3) is 0.600. The third-order valence-corrected chi connectivity index (χ3v) is 1.19.